The Morgan fingerprint density at radius 2 is 1.68 bits per heavy atom. The molecular weight excluding hydrogens is 401 g/mol. The molecule has 156 valence electrons. The number of aromatic nitrogens is 4. The van der Waals surface area contributed by atoms with Gasteiger partial charge in [0.15, 0.2) is 0 Å². The summed E-state index contributed by atoms with van der Waals surface area (Å²) < 4.78 is 21.0. The van der Waals surface area contributed by atoms with Gasteiger partial charge in [-0.15, -0.1) is 0 Å². The van der Waals surface area contributed by atoms with Crippen LogP contribution in [-0.2, 0) is 6.54 Å². The summed E-state index contributed by atoms with van der Waals surface area (Å²) >= 11 is 0. The highest BCUT2D eigenvalue weighted by Crippen LogP contribution is 2.14. The van der Waals surface area contributed by atoms with Crippen LogP contribution in [0.15, 0.2) is 77.7 Å². The van der Waals surface area contributed by atoms with Gasteiger partial charge in [0.1, 0.15) is 17.3 Å². The summed E-state index contributed by atoms with van der Waals surface area (Å²) in [6, 6.07) is 17.0. The van der Waals surface area contributed by atoms with Gasteiger partial charge in [-0.3, -0.25) is 9.59 Å². The van der Waals surface area contributed by atoms with Crippen molar-refractivity contribution in [3.05, 3.63) is 100 Å². The minimum absolute atomic E-state index is 0.0542. The number of carbonyl (C=O) groups excluding carboxylic acids is 1. The molecule has 0 aliphatic heterocycles. The van der Waals surface area contributed by atoms with E-state index in [9.17, 15) is 14.0 Å². The molecule has 0 atom stereocenters. The summed E-state index contributed by atoms with van der Waals surface area (Å²) in [7, 11) is 1.60. The standard InChI is InChI=1S/C22H18FN5O3/c1-31-19-8-6-17(7-9-19)27-13-12-16(25-27)14-24-22(30)20-10-11-21(29)28(26-20)18-4-2-15(23)3-5-18/h2-13H,14H2,1H3,(H,24,30). The third-order valence-electron chi connectivity index (χ3n) is 4.52. The van der Waals surface area contributed by atoms with Crippen molar-refractivity contribution in [2.45, 2.75) is 6.54 Å². The predicted molar refractivity (Wildman–Crippen MR) is 111 cm³/mol. The Balaban J connectivity index is 1.45. The van der Waals surface area contributed by atoms with Crippen molar-refractivity contribution < 1.29 is 13.9 Å². The highest BCUT2D eigenvalue weighted by atomic mass is 19.1. The van der Waals surface area contributed by atoms with E-state index in [1.54, 1.807) is 24.1 Å². The summed E-state index contributed by atoms with van der Waals surface area (Å²) in [5.41, 5.74) is 1.49. The van der Waals surface area contributed by atoms with Crippen LogP contribution < -0.4 is 15.6 Å². The molecule has 2 aromatic heterocycles. The first-order valence-electron chi connectivity index (χ1n) is 9.37. The van der Waals surface area contributed by atoms with Crippen molar-refractivity contribution in [2.24, 2.45) is 0 Å². The van der Waals surface area contributed by atoms with E-state index in [4.69, 9.17) is 4.74 Å². The number of ether oxygens (including phenoxy) is 1. The maximum absolute atomic E-state index is 13.1. The molecule has 0 aliphatic carbocycles. The Morgan fingerprint density at radius 3 is 2.39 bits per heavy atom. The third kappa shape index (κ3) is 4.50. The molecule has 1 amide bonds. The topological polar surface area (TPSA) is 91.0 Å². The van der Waals surface area contributed by atoms with Crippen molar-refractivity contribution in [2.75, 3.05) is 7.11 Å². The second kappa shape index (κ2) is 8.62. The van der Waals surface area contributed by atoms with Gasteiger partial charge in [0.2, 0.25) is 0 Å². The molecule has 31 heavy (non-hydrogen) atoms. The van der Waals surface area contributed by atoms with Gasteiger partial charge in [-0.05, 0) is 60.7 Å². The van der Waals surface area contributed by atoms with E-state index in [0.29, 0.717) is 11.4 Å². The lowest BCUT2D eigenvalue weighted by molar-refractivity contribution is 0.0943. The lowest BCUT2D eigenvalue weighted by atomic mass is 10.3. The van der Waals surface area contributed by atoms with Crippen molar-refractivity contribution >= 4 is 5.91 Å². The molecular formula is C22H18FN5O3. The fourth-order valence-corrected chi connectivity index (χ4v) is 2.90. The third-order valence-corrected chi connectivity index (χ3v) is 4.52. The molecule has 8 nitrogen and oxygen atoms in total. The summed E-state index contributed by atoms with van der Waals surface area (Å²) in [5, 5.41) is 11.3. The number of halogens is 1. The molecule has 0 bridgehead atoms. The number of amides is 1. The van der Waals surface area contributed by atoms with E-state index in [1.165, 1.54) is 36.4 Å². The predicted octanol–water partition coefficient (Wildman–Crippen LogP) is 2.50. The van der Waals surface area contributed by atoms with Crippen LogP contribution in [0, 0.1) is 5.82 Å². The van der Waals surface area contributed by atoms with Gasteiger partial charge in [-0.25, -0.2) is 9.07 Å². The van der Waals surface area contributed by atoms with E-state index in [1.807, 2.05) is 24.3 Å². The maximum atomic E-state index is 13.1. The molecule has 0 spiro atoms. The molecule has 0 saturated carbocycles. The van der Waals surface area contributed by atoms with Crippen LogP contribution in [0.2, 0.25) is 0 Å². The molecule has 4 rings (SSSR count). The fraction of sp³-hybridized carbons (Fsp3) is 0.0909. The molecule has 1 N–H and O–H groups in total. The van der Waals surface area contributed by atoms with E-state index in [0.717, 1.165) is 16.1 Å². The van der Waals surface area contributed by atoms with Crippen LogP contribution in [0.4, 0.5) is 4.39 Å². The second-order valence-electron chi connectivity index (χ2n) is 6.58. The van der Waals surface area contributed by atoms with Crippen LogP contribution in [-0.4, -0.2) is 32.6 Å². The van der Waals surface area contributed by atoms with Crippen LogP contribution in [0.3, 0.4) is 0 Å². The van der Waals surface area contributed by atoms with E-state index >= 15 is 0 Å². The summed E-state index contributed by atoms with van der Waals surface area (Å²) in [5.74, 6) is -0.146. The number of rotatable bonds is 6. The Morgan fingerprint density at radius 1 is 0.968 bits per heavy atom. The van der Waals surface area contributed by atoms with E-state index in [-0.39, 0.29) is 12.2 Å². The van der Waals surface area contributed by atoms with Crippen LogP contribution in [0.1, 0.15) is 16.2 Å². The molecule has 4 aromatic rings. The van der Waals surface area contributed by atoms with Gasteiger partial charge in [0.25, 0.3) is 11.5 Å². The van der Waals surface area contributed by atoms with Gasteiger partial charge in [0, 0.05) is 12.3 Å². The first-order valence-corrected chi connectivity index (χ1v) is 9.37. The lowest BCUT2D eigenvalue weighted by Gasteiger charge is -2.07. The Kier molecular flexibility index (Phi) is 5.57. The van der Waals surface area contributed by atoms with E-state index < -0.39 is 17.3 Å². The van der Waals surface area contributed by atoms with Crippen molar-refractivity contribution in [3.63, 3.8) is 0 Å². The number of nitrogens with one attached hydrogen (secondary N) is 1. The van der Waals surface area contributed by atoms with Crippen LogP contribution in [0.5, 0.6) is 5.75 Å². The monoisotopic (exact) mass is 419 g/mol. The van der Waals surface area contributed by atoms with E-state index in [2.05, 4.69) is 15.5 Å². The molecule has 0 radical (unpaired) electrons. The quantitative estimate of drug-likeness (QED) is 0.519. The summed E-state index contributed by atoms with van der Waals surface area (Å²) in [6.45, 7) is 0.180. The largest absolute Gasteiger partial charge is 0.497 e. The SMILES string of the molecule is COc1ccc(-n2ccc(CNC(=O)c3ccc(=O)n(-c4ccc(F)cc4)n3)n2)cc1. The van der Waals surface area contributed by atoms with Crippen LogP contribution >= 0.6 is 0 Å². The minimum Gasteiger partial charge on any atom is -0.497 e. The number of benzene rings is 2. The molecule has 0 aliphatic rings. The van der Waals surface area contributed by atoms with Crippen LogP contribution in [0.25, 0.3) is 11.4 Å². The number of hydrogen-bond acceptors (Lipinski definition) is 5. The zero-order chi connectivity index (χ0) is 21.8. The van der Waals surface area contributed by atoms with Crippen molar-refractivity contribution in [1.82, 2.24) is 24.9 Å². The molecule has 0 fully saturated rings. The van der Waals surface area contributed by atoms with Crippen molar-refractivity contribution in [1.29, 1.82) is 0 Å². The maximum Gasteiger partial charge on any atom is 0.272 e. The van der Waals surface area contributed by atoms with Crippen molar-refractivity contribution in [3.8, 4) is 17.1 Å². The number of methoxy groups -OCH3 is 1. The lowest BCUT2D eigenvalue weighted by Crippen LogP contribution is -2.28. The summed E-state index contributed by atoms with van der Waals surface area (Å²) in [6.07, 6.45) is 1.79. The Bertz CT molecular complexity index is 1260. The Hall–Kier alpha value is -4.27. The molecule has 2 aromatic carbocycles. The molecule has 0 saturated heterocycles. The molecule has 9 heteroatoms. The minimum atomic E-state index is -0.463. The first-order chi connectivity index (χ1) is 15.0. The zero-order valence-corrected chi connectivity index (χ0v) is 16.5. The first kappa shape index (κ1) is 20.0. The fourth-order valence-electron chi connectivity index (χ4n) is 2.90. The highest BCUT2D eigenvalue weighted by molar-refractivity contribution is 5.91. The summed E-state index contributed by atoms with van der Waals surface area (Å²) in [4.78, 5) is 24.6. The average molecular weight is 419 g/mol. The Labute approximate surface area is 176 Å². The van der Waals surface area contributed by atoms with Gasteiger partial charge in [0.05, 0.1) is 30.7 Å². The highest BCUT2D eigenvalue weighted by Gasteiger charge is 2.12. The number of nitrogens with zero attached hydrogens (tertiary/aromatic N) is 4. The second-order valence-corrected chi connectivity index (χ2v) is 6.58. The van der Waals surface area contributed by atoms with Gasteiger partial charge in [-0.2, -0.15) is 14.9 Å². The average Bonchev–Trinajstić information content (AvgIpc) is 3.27. The van der Waals surface area contributed by atoms with Gasteiger partial charge < -0.3 is 10.1 Å². The zero-order valence-electron chi connectivity index (χ0n) is 16.5. The molecule has 2 heterocycles. The number of hydrogen-bond donors (Lipinski definition) is 1. The normalized spacial score (nSPS) is 10.6. The van der Waals surface area contributed by atoms with Gasteiger partial charge in [-0.1, -0.05) is 0 Å². The van der Waals surface area contributed by atoms with Gasteiger partial charge >= 0.3 is 0 Å². The molecule has 0 unspecified atom stereocenters. The smallest absolute Gasteiger partial charge is 0.272 e. The number of carbonyl (C=O) groups is 1.